The van der Waals surface area contributed by atoms with Gasteiger partial charge in [-0.2, -0.15) is 0 Å². The number of carbonyl (C=O) groups is 1. The Bertz CT molecular complexity index is 1130. The average molecular weight is 414 g/mol. The van der Waals surface area contributed by atoms with E-state index in [1.165, 1.54) is 6.20 Å². The Balaban J connectivity index is 1.85. The lowest BCUT2D eigenvalue weighted by Crippen LogP contribution is -2.51. The highest BCUT2D eigenvalue weighted by atomic mass is 19.1. The van der Waals surface area contributed by atoms with Crippen LogP contribution in [0.3, 0.4) is 0 Å². The summed E-state index contributed by atoms with van der Waals surface area (Å²) in [6.07, 6.45) is 2.23. The van der Waals surface area contributed by atoms with Crippen molar-refractivity contribution in [2.75, 3.05) is 10.6 Å². The molecule has 0 radical (unpaired) electrons. The van der Waals surface area contributed by atoms with E-state index in [4.69, 9.17) is 0 Å². The SMILES string of the molecule is CC(C)(C)C(NC(=O)c1cc(F)cc(F)c1)Nc1c(Nc2cccnc2)c(=O)c1=O. The number of hydrogen-bond donors (Lipinski definition) is 3. The maximum absolute atomic E-state index is 13.4. The number of rotatable bonds is 6. The van der Waals surface area contributed by atoms with E-state index in [0.29, 0.717) is 11.8 Å². The Morgan fingerprint density at radius 1 is 1.03 bits per heavy atom. The van der Waals surface area contributed by atoms with Gasteiger partial charge in [-0.3, -0.25) is 19.4 Å². The highest BCUT2D eigenvalue weighted by molar-refractivity contribution is 5.94. The van der Waals surface area contributed by atoms with Crippen LogP contribution in [0.25, 0.3) is 0 Å². The minimum absolute atomic E-state index is 0.00880. The molecule has 0 saturated heterocycles. The minimum atomic E-state index is -0.883. The predicted octanol–water partition coefficient (Wildman–Crippen LogP) is 2.91. The number of pyridine rings is 1. The smallest absolute Gasteiger partial charge is 0.253 e. The maximum Gasteiger partial charge on any atom is 0.253 e. The molecular formula is C21H20F2N4O3. The van der Waals surface area contributed by atoms with Gasteiger partial charge in [-0.1, -0.05) is 20.8 Å². The lowest BCUT2D eigenvalue weighted by atomic mass is 9.91. The number of anilines is 3. The third kappa shape index (κ3) is 4.51. The Hall–Kier alpha value is -3.62. The van der Waals surface area contributed by atoms with E-state index in [9.17, 15) is 23.2 Å². The fourth-order valence-electron chi connectivity index (χ4n) is 2.74. The van der Waals surface area contributed by atoms with Crippen LogP contribution in [0.4, 0.5) is 25.8 Å². The first kappa shape index (κ1) is 21.1. The quantitative estimate of drug-likeness (QED) is 0.424. The summed E-state index contributed by atoms with van der Waals surface area (Å²) in [5.74, 6) is -2.50. The van der Waals surface area contributed by atoms with Gasteiger partial charge in [-0.25, -0.2) is 8.78 Å². The van der Waals surface area contributed by atoms with Crippen molar-refractivity contribution in [1.82, 2.24) is 10.3 Å². The molecule has 0 spiro atoms. The van der Waals surface area contributed by atoms with E-state index in [0.717, 1.165) is 12.1 Å². The first-order chi connectivity index (χ1) is 14.1. The van der Waals surface area contributed by atoms with Crippen molar-refractivity contribution in [2.45, 2.75) is 26.9 Å². The van der Waals surface area contributed by atoms with Gasteiger partial charge in [-0.05, 0) is 24.3 Å². The van der Waals surface area contributed by atoms with Crippen LogP contribution in [0.15, 0.2) is 52.3 Å². The summed E-state index contributed by atoms with van der Waals surface area (Å²) in [6.45, 7) is 5.37. The first-order valence-corrected chi connectivity index (χ1v) is 9.10. The number of benzene rings is 1. The molecule has 3 aromatic rings. The molecule has 30 heavy (non-hydrogen) atoms. The molecule has 3 N–H and O–H groups in total. The highest BCUT2D eigenvalue weighted by Crippen LogP contribution is 2.26. The fraction of sp³-hybridized carbons (Fsp3) is 0.238. The molecule has 0 saturated carbocycles. The van der Waals surface area contributed by atoms with Crippen molar-refractivity contribution in [1.29, 1.82) is 0 Å². The molecule has 1 heterocycles. The molecule has 0 aliphatic rings. The second kappa shape index (κ2) is 8.02. The van der Waals surface area contributed by atoms with Crippen LogP contribution in [-0.4, -0.2) is 17.1 Å². The van der Waals surface area contributed by atoms with E-state index in [-0.39, 0.29) is 16.9 Å². The molecule has 3 rings (SSSR count). The minimum Gasteiger partial charge on any atom is -0.360 e. The van der Waals surface area contributed by atoms with Gasteiger partial charge in [0, 0.05) is 23.2 Å². The molecule has 1 atom stereocenters. The lowest BCUT2D eigenvalue weighted by molar-refractivity contribution is 0.0912. The van der Waals surface area contributed by atoms with Crippen molar-refractivity contribution in [3.05, 3.63) is 80.4 Å². The summed E-state index contributed by atoms with van der Waals surface area (Å²) in [5.41, 5.74) is -1.69. The van der Waals surface area contributed by atoms with E-state index < -0.39 is 40.0 Å². The molecular weight excluding hydrogens is 394 g/mol. The number of nitrogens with one attached hydrogen (secondary N) is 3. The summed E-state index contributed by atoms with van der Waals surface area (Å²) < 4.78 is 26.9. The molecule has 0 bridgehead atoms. The summed E-state index contributed by atoms with van der Waals surface area (Å²) in [4.78, 5) is 40.6. The predicted molar refractivity (Wildman–Crippen MR) is 110 cm³/mol. The molecule has 0 aliphatic heterocycles. The van der Waals surface area contributed by atoms with Crippen LogP contribution in [0.2, 0.25) is 0 Å². The Kier molecular flexibility index (Phi) is 5.64. The van der Waals surface area contributed by atoms with Crippen LogP contribution < -0.4 is 26.8 Å². The van der Waals surface area contributed by atoms with Crippen molar-refractivity contribution >= 4 is 23.0 Å². The molecule has 9 heteroatoms. The molecule has 0 fully saturated rings. The number of carbonyl (C=O) groups excluding carboxylic acids is 1. The number of hydrogen-bond acceptors (Lipinski definition) is 6. The largest absolute Gasteiger partial charge is 0.360 e. The number of halogens is 2. The second-order valence-corrected chi connectivity index (χ2v) is 7.85. The van der Waals surface area contributed by atoms with Gasteiger partial charge >= 0.3 is 0 Å². The van der Waals surface area contributed by atoms with Gasteiger partial charge in [0.25, 0.3) is 16.8 Å². The van der Waals surface area contributed by atoms with Gasteiger partial charge in [-0.15, -0.1) is 0 Å². The van der Waals surface area contributed by atoms with E-state index >= 15 is 0 Å². The molecule has 7 nitrogen and oxygen atoms in total. The standard InChI is InChI=1S/C21H20F2N4O3/c1-21(2,3)20(27-19(30)11-7-12(22)9-13(23)8-11)26-16-15(17(28)18(16)29)25-14-5-4-6-24-10-14/h4-10,20,25-26H,1-3H3,(H,27,30). The number of nitrogens with zero attached hydrogens (tertiary/aromatic N) is 1. The van der Waals surface area contributed by atoms with Gasteiger partial charge in [0.15, 0.2) is 0 Å². The van der Waals surface area contributed by atoms with E-state index in [1.807, 2.05) is 0 Å². The summed E-state index contributed by atoms with van der Waals surface area (Å²) in [5, 5.41) is 8.34. The van der Waals surface area contributed by atoms with Gasteiger partial charge in [0.1, 0.15) is 29.2 Å². The third-order valence-electron chi connectivity index (χ3n) is 4.40. The normalized spacial score (nSPS) is 12.4. The highest BCUT2D eigenvalue weighted by Gasteiger charge is 2.31. The molecule has 156 valence electrons. The number of aromatic nitrogens is 1. The third-order valence-corrected chi connectivity index (χ3v) is 4.40. The van der Waals surface area contributed by atoms with Crippen LogP contribution in [0.1, 0.15) is 31.1 Å². The average Bonchev–Trinajstić information content (AvgIpc) is 2.68. The summed E-state index contributed by atoms with van der Waals surface area (Å²) in [6, 6.07) is 5.82. The second-order valence-electron chi connectivity index (χ2n) is 7.85. The zero-order valence-electron chi connectivity index (χ0n) is 16.5. The van der Waals surface area contributed by atoms with E-state index in [1.54, 1.807) is 39.1 Å². The van der Waals surface area contributed by atoms with Crippen LogP contribution >= 0.6 is 0 Å². The van der Waals surface area contributed by atoms with Gasteiger partial charge in [0.2, 0.25) is 0 Å². The maximum atomic E-state index is 13.4. The zero-order valence-corrected chi connectivity index (χ0v) is 16.5. The lowest BCUT2D eigenvalue weighted by Gasteiger charge is -2.33. The zero-order chi connectivity index (χ0) is 22.1. The molecule has 1 amide bonds. The Morgan fingerprint density at radius 2 is 1.67 bits per heavy atom. The first-order valence-electron chi connectivity index (χ1n) is 9.10. The fourth-order valence-corrected chi connectivity index (χ4v) is 2.74. The van der Waals surface area contributed by atoms with Crippen molar-refractivity contribution in [3.8, 4) is 0 Å². The Labute approximate surface area is 170 Å². The van der Waals surface area contributed by atoms with E-state index in [2.05, 4.69) is 20.9 Å². The monoisotopic (exact) mass is 414 g/mol. The molecule has 0 aliphatic carbocycles. The molecule has 1 unspecified atom stereocenters. The van der Waals surface area contributed by atoms with Crippen molar-refractivity contribution < 1.29 is 13.6 Å². The topological polar surface area (TPSA) is 100 Å². The van der Waals surface area contributed by atoms with Crippen molar-refractivity contribution in [2.24, 2.45) is 5.41 Å². The van der Waals surface area contributed by atoms with Crippen molar-refractivity contribution in [3.63, 3.8) is 0 Å². The summed E-state index contributed by atoms with van der Waals surface area (Å²) >= 11 is 0. The molecule has 1 aromatic heterocycles. The van der Waals surface area contributed by atoms with Crippen LogP contribution in [0, 0.1) is 17.0 Å². The van der Waals surface area contributed by atoms with Gasteiger partial charge in [0.05, 0.1) is 11.9 Å². The van der Waals surface area contributed by atoms with Crippen LogP contribution in [-0.2, 0) is 0 Å². The summed E-state index contributed by atoms with van der Waals surface area (Å²) in [7, 11) is 0. The van der Waals surface area contributed by atoms with Gasteiger partial charge < -0.3 is 16.0 Å². The Morgan fingerprint density at radius 3 is 2.23 bits per heavy atom. The molecule has 2 aromatic carbocycles. The van der Waals surface area contributed by atoms with Crippen LogP contribution in [0.5, 0.6) is 0 Å². The number of amides is 1.